The zero-order chi connectivity index (χ0) is 17.5. The second kappa shape index (κ2) is 14.6. The summed E-state index contributed by atoms with van der Waals surface area (Å²) in [7, 11) is 2.62. The summed E-state index contributed by atoms with van der Waals surface area (Å²) in [6.07, 6.45) is 3.53. The molecule has 128 valence electrons. The lowest BCUT2D eigenvalue weighted by Gasteiger charge is -2.11. The molecule has 0 aliphatic heterocycles. The molecule has 0 fully saturated rings. The summed E-state index contributed by atoms with van der Waals surface area (Å²) in [4.78, 5) is 31.8. The summed E-state index contributed by atoms with van der Waals surface area (Å²) >= 11 is 3.12. The molecular weight excluding hydrogens is 356 g/mol. The zero-order valence-corrected chi connectivity index (χ0v) is 15.2. The van der Waals surface area contributed by atoms with Crippen LogP contribution in [0.15, 0.2) is 12.7 Å². The van der Waals surface area contributed by atoms with Gasteiger partial charge in [0.1, 0.15) is 4.83 Å². The molecule has 2 unspecified atom stereocenters. The van der Waals surface area contributed by atoms with Crippen LogP contribution in [-0.2, 0) is 28.6 Å². The van der Waals surface area contributed by atoms with Gasteiger partial charge in [-0.15, -0.1) is 0 Å². The zero-order valence-electron chi connectivity index (χ0n) is 13.6. The van der Waals surface area contributed by atoms with Gasteiger partial charge in [0.15, 0.2) is 0 Å². The Balaban J connectivity index is 0. The lowest BCUT2D eigenvalue weighted by Crippen LogP contribution is -2.23. The van der Waals surface area contributed by atoms with E-state index in [2.05, 4.69) is 36.7 Å². The van der Waals surface area contributed by atoms with Crippen molar-refractivity contribution >= 4 is 33.8 Å². The van der Waals surface area contributed by atoms with E-state index in [1.807, 2.05) is 6.92 Å². The highest BCUT2D eigenvalue weighted by molar-refractivity contribution is 9.10. The van der Waals surface area contributed by atoms with Crippen molar-refractivity contribution < 1.29 is 28.6 Å². The van der Waals surface area contributed by atoms with Crippen LogP contribution < -0.4 is 0 Å². The Kier molecular flexibility index (Phi) is 15.2. The van der Waals surface area contributed by atoms with Gasteiger partial charge in [-0.05, 0) is 12.8 Å². The van der Waals surface area contributed by atoms with Gasteiger partial charge in [0.2, 0.25) is 0 Å². The Bertz CT molecular complexity index is 336. The number of methoxy groups -OCH3 is 2. The van der Waals surface area contributed by atoms with Crippen molar-refractivity contribution in [1.82, 2.24) is 0 Å². The highest BCUT2D eigenvalue weighted by atomic mass is 79.9. The van der Waals surface area contributed by atoms with E-state index in [1.165, 1.54) is 20.3 Å². The second-order valence-electron chi connectivity index (χ2n) is 4.38. The number of carbonyl (C=O) groups is 3. The normalized spacial score (nSPS) is 12.0. The number of rotatable bonds is 8. The first-order valence-corrected chi connectivity index (χ1v) is 7.84. The fraction of sp³-hybridized carbons (Fsp3) is 0.667. The minimum Gasteiger partial charge on any atom is -0.469 e. The van der Waals surface area contributed by atoms with Gasteiger partial charge in [0, 0.05) is 6.08 Å². The van der Waals surface area contributed by atoms with Gasteiger partial charge in [0.25, 0.3) is 0 Å². The molecule has 0 aromatic carbocycles. The minimum absolute atomic E-state index is 0.312. The Morgan fingerprint density at radius 1 is 1.18 bits per heavy atom. The summed E-state index contributed by atoms with van der Waals surface area (Å²) < 4.78 is 13.7. The van der Waals surface area contributed by atoms with Crippen LogP contribution in [-0.4, -0.2) is 43.6 Å². The Morgan fingerprint density at radius 3 is 2.14 bits per heavy atom. The molecular formula is C15H25BrO6. The van der Waals surface area contributed by atoms with Gasteiger partial charge in [-0.2, -0.15) is 0 Å². The third kappa shape index (κ3) is 12.4. The highest BCUT2D eigenvalue weighted by Gasteiger charge is 2.22. The maximum atomic E-state index is 11.0. The van der Waals surface area contributed by atoms with Crippen LogP contribution in [0.4, 0.5) is 0 Å². The fourth-order valence-corrected chi connectivity index (χ4v) is 1.96. The molecule has 0 N–H and O–H groups in total. The van der Waals surface area contributed by atoms with Crippen LogP contribution in [0.1, 0.15) is 33.1 Å². The number of carbonyl (C=O) groups excluding carboxylic acids is 3. The van der Waals surface area contributed by atoms with Crippen LogP contribution in [0, 0.1) is 5.92 Å². The van der Waals surface area contributed by atoms with Crippen molar-refractivity contribution in [3.05, 3.63) is 12.7 Å². The standard InChI is InChI=1S/C8H13BrO4.C7H12O2/c1-5(7(10)12-2)4-6(9)8(11)13-3;1-3-5-6-9-7(8)4-2/h5-6H,4H2,1-3H3;4H,2-3,5-6H2,1H3. The Labute approximate surface area is 140 Å². The van der Waals surface area contributed by atoms with E-state index in [0.29, 0.717) is 13.0 Å². The quantitative estimate of drug-likeness (QED) is 0.211. The summed E-state index contributed by atoms with van der Waals surface area (Å²) in [6, 6.07) is 0. The van der Waals surface area contributed by atoms with E-state index < -0.39 is 4.83 Å². The minimum atomic E-state index is -0.452. The Morgan fingerprint density at radius 2 is 1.73 bits per heavy atom. The number of hydrogen-bond donors (Lipinski definition) is 0. The molecule has 0 aromatic rings. The van der Waals surface area contributed by atoms with Crippen molar-refractivity contribution in [2.24, 2.45) is 5.92 Å². The lowest BCUT2D eigenvalue weighted by molar-refractivity contribution is -0.146. The van der Waals surface area contributed by atoms with E-state index in [9.17, 15) is 14.4 Å². The van der Waals surface area contributed by atoms with Crippen LogP contribution >= 0.6 is 15.9 Å². The predicted molar refractivity (Wildman–Crippen MR) is 86.6 cm³/mol. The van der Waals surface area contributed by atoms with E-state index in [4.69, 9.17) is 0 Å². The van der Waals surface area contributed by atoms with Gasteiger partial charge in [-0.1, -0.05) is 42.8 Å². The number of halogens is 1. The number of esters is 3. The van der Waals surface area contributed by atoms with E-state index in [1.54, 1.807) is 6.92 Å². The molecule has 0 spiro atoms. The molecule has 0 heterocycles. The fourth-order valence-electron chi connectivity index (χ4n) is 1.21. The molecule has 0 saturated carbocycles. The maximum absolute atomic E-state index is 11.0. The number of ether oxygens (including phenoxy) is 3. The average molecular weight is 381 g/mol. The van der Waals surface area contributed by atoms with Crippen molar-refractivity contribution in [3.63, 3.8) is 0 Å². The molecule has 0 radical (unpaired) electrons. The maximum Gasteiger partial charge on any atom is 0.330 e. The number of alkyl halides is 1. The van der Waals surface area contributed by atoms with Crippen LogP contribution in [0.2, 0.25) is 0 Å². The van der Waals surface area contributed by atoms with Gasteiger partial charge in [-0.3, -0.25) is 9.59 Å². The van der Waals surface area contributed by atoms with Crippen molar-refractivity contribution in [3.8, 4) is 0 Å². The molecule has 0 rings (SSSR count). The molecule has 2 atom stereocenters. The first-order valence-electron chi connectivity index (χ1n) is 6.92. The average Bonchev–Trinajstić information content (AvgIpc) is 2.53. The molecule has 0 aliphatic carbocycles. The third-order valence-corrected chi connectivity index (χ3v) is 3.28. The van der Waals surface area contributed by atoms with E-state index >= 15 is 0 Å². The summed E-state index contributed by atoms with van der Waals surface area (Å²) in [5.41, 5.74) is 0. The molecule has 0 saturated heterocycles. The topological polar surface area (TPSA) is 78.9 Å². The predicted octanol–water partition coefficient (Wildman–Crippen LogP) is 2.64. The Hall–Kier alpha value is -1.37. The largest absolute Gasteiger partial charge is 0.469 e. The SMILES string of the molecule is C=CC(=O)OCCCC.COC(=O)C(C)CC(Br)C(=O)OC. The third-order valence-electron chi connectivity index (χ3n) is 2.53. The van der Waals surface area contributed by atoms with Crippen molar-refractivity contribution in [2.75, 3.05) is 20.8 Å². The van der Waals surface area contributed by atoms with Gasteiger partial charge in [0.05, 0.1) is 26.7 Å². The smallest absolute Gasteiger partial charge is 0.330 e. The monoisotopic (exact) mass is 380 g/mol. The van der Waals surface area contributed by atoms with Gasteiger partial charge in [-0.25, -0.2) is 4.79 Å². The molecule has 0 aliphatic rings. The van der Waals surface area contributed by atoms with Crippen LogP contribution in [0.5, 0.6) is 0 Å². The summed E-state index contributed by atoms with van der Waals surface area (Å²) in [5.74, 6) is -1.35. The van der Waals surface area contributed by atoms with Crippen LogP contribution in [0.25, 0.3) is 0 Å². The molecule has 0 amide bonds. The van der Waals surface area contributed by atoms with E-state index in [0.717, 1.165) is 12.8 Å². The summed E-state index contributed by atoms with van der Waals surface area (Å²) in [5, 5.41) is 0. The number of unbranched alkanes of at least 4 members (excludes halogenated alkanes) is 1. The molecule has 0 aromatic heterocycles. The van der Waals surface area contributed by atoms with Gasteiger partial charge >= 0.3 is 17.9 Å². The highest BCUT2D eigenvalue weighted by Crippen LogP contribution is 2.15. The second-order valence-corrected chi connectivity index (χ2v) is 5.48. The first kappa shape index (κ1) is 22.9. The van der Waals surface area contributed by atoms with Crippen molar-refractivity contribution in [1.29, 1.82) is 0 Å². The van der Waals surface area contributed by atoms with Crippen LogP contribution in [0.3, 0.4) is 0 Å². The molecule has 7 heteroatoms. The molecule has 0 bridgehead atoms. The van der Waals surface area contributed by atoms with Gasteiger partial charge < -0.3 is 14.2 Å². The molecule has 22 heavy (non-hydrogen) atoms. The first-order chi connectivity index (χ1) is 10.3. The molecule has 6 nitrogen and oxygen atoms in total. The van der Waals surface area contributed by atoms with Crippen molar-refractivity contribution in [2.45, 2.75) is 37.9 Å². The number of hydrogen-bond acceptors (Lipinski definition) is 6. The lowest BCUT2D eigenvalue weighted by atomic mass is 10.1. The summed E-state index contributed by atoms with van der Waals surface area (Å²) in [6.45, 7) is 7.52. The van der Waals surface area contributed by atoms with E-state index in [-0.39, 0.29) is 23.8 Å².